The van der Waals surface area contributed by atoms with E-state index in [1.165, 1.54) is 11.8 Å². The molecular weight excluding hydrogens is 282 g/mol. The number of halogens is 1. The molecule has 5 heteroatoms. The molecule has 2 N–H and O–H groups in total. The predicted molar refractivity (Wildman–Crippen MR) is 78.6 cm³/mol. The van der Waals surface area contributed by atoms with Gasteiger partial charge in [0.1, 0.15) is 0 Å². The van der Waals surface area contributed by atoms with Crippen LogP contribution in [0.1, 0.15) is 25.7 Å². The molecule has 0 aliphatic heterocycles. The normalized spacial score (nSPS) is 23.1. The first kappa shape index (κ1) is 14.7. The van der Waals surface area contributed by atoms with Crippen molar-refractivity contribution >= 4 is 29.3 Å². The number of aliphatic hydroxyl groups excluding tert-OH is 1. The Hall–Kier alpha value is -0.710. The van der Waals surface area contributed by atoms with Gasteiger partial charge < -0.3 is 10.4 Å². The molecule has 2 rings (SSSR count). The van der Waals surface area contributed by atoms with Crippen molar-refractivity contribution in [1.29, 1.82) is 0 Å². The number of benzene rings is 1. The van der Waals surface area contributed by atoms with Crippen LogP contribution in [-0.4, -0.2) is 28.9 Å². The van der Waals surface area contributed by atoms with Crippen molar-refractivity contribution in [2.45, 2.75) is 42.7 Å². The first-order chi connectivity index (χ1) is 9.13. The average molecular weight is 300 g/mol. The number of aliphatic hydroxyl groups is 1. The zero-order chi connectivity index (χ0) is 13.7. The Kier molecular flexibility index (Phi) is 5.55. The van der Waals surface area contributed by atoms with E-state index in [9.17, 15) is 9.90 Å². The van der Waals surface area contributed by atoms with Gasteiger partial charge in [0.05, 0.1) is 11.9 Å². The molecule has 0 saturated heterocycles. The lowest BCUT2D eigenvalue weighted by Crippen LogP contribution is -2.39. The summed E-state index contributed by atoms with van der Waals surface area (Å²) in [6.07, 6.45) is 3.14. The quantitative estimate of drug-likeness (QED) is 0.841. The van der Waals surface area contributed by atoms with Crippen molar-refractivity contribution in [1.82, 2.24) is 5.32 Å². The van der Waals surface area contributed by atoms with E-state index in [0.29, 0.717) is 10.8 Å². The monoisotopic (exact) mass is 299 g/mol. The number of carbonyl (C=O) groups excluding carboxylic acids is 1. The number of carbonyl (C=O) groups is 1. The van der Waals surface area contributed by atoms with Gasteiger partial charge in [0, 0.05) is 16.0 Å². The van der Waals surface area contributed by atoms with Crippen molar-refractivity contribution in [2.24, 2.45) is 0 Å². The van der Waals surface area contributed by atoms with Crippen molar-refractivity contribution in [3.63, 3.8) is 0 Å². The molecule has 0 aromatic heterocycles. The third kappa shape index (κ3) is 5.05. The van der Waals surface area contributed by atoms with Crippen LogP contribution in [0.25, 0.3) is 0 Å². The molecule has 3 nitrogen and oxygen atoms in total. The fraction of sp³-hybridized carbons (Fsp3) is 0.500. The minimum Gasteiger partial charge on any atom is -0.393 e. The van der Waals surface area contributed by atoms with Crippen molar-refractivity contribution < 1.29 is 9.90 Å². The highest BCUT2D eigenvalue weighted by Gasteiger charge is 2.20. The van der Waals surface area contributed by atoms with Crippen LogP contribution in [-0.2, 0) is 4.79 Å². The van der Waals surface area contributed by atoms with Gasteiger partial charge in [0.25, 0.3) is 0 Å². The zero-order valence-corrected chi connectivity index (χ0v) is 12.2. The molecule has 0 heterocycles. The number of thioether (sulfide) groups is 1. The molecule has 1 aliphatic carbocycles. The van der Waals surface area contributed by atoms with Crippen LogP contribution in [0.5, 0.6) is 0 Å². The SMILES string of the molecule is O=C(CSc1ccc(Cl)cc1)NC1CCC(O)CC1. The smallest absolute Gasteiger partial charge is 0.230 e. The van der Waals surface area contributed by atoms with E-state index in [2.05, 4.69) is 5.32 Å². The Labute approximate surface area is 122 Å². The van der Waals surface area contributed by atoms with E-state index in [4.69, 9.17) is 11.6 Å². The third-order valence-electron chi connectivity index (χ3n) is 3.25. The zero-order valence-electron chi connectivity index (χ0n) is 10.6. The summed E-state index contributed by atoms with van der Waals surface area (Å²) < 4.78 is 0. The summed E-state index contributed by atoms with van der Waals surface area (Å²) >= 11 is 7.31. The number of rotatable bonds is 4. The fourth-order valence-electron chi connectivity index (χ4n) is 2.17. The highest BCUT2D eigenvalue weighted by Crippen LogP contribution is 2.21. The van der Waals surface area contributed by atoms with Gasteiger partial charge in [-0.1, -0.05) is 11.6 Å². The van der Waals surface area contributed by atoms with Crippen LogP contribution >= 0.6 is 23.4 Å². The standard InChI is InChI=1S/C14H18ClNO2S/c15-10-1-7-13(8-2-10)19-9-14(18)16-11-3-5-12(17)6-4-11/h1-2,7-8,11-12,17H,3-6,9H2,(H,16,18). The molecule has 0 spiro atoms. The van der Waals surface area contributed by atoms with Gasteiger partial charge >= 0.3 is 0 Å². The largest absolute Gasteiger partial charge is 0.393 e. The second kappa shape index (κ2) is 7.17. The maximum atomic E-state index is 11.8. The Morgan fingerprint density at radius 1 is 1.26 bits per heavy atom. The first-order valence-corrected chi connectivity index (χ1v) is 7.85. The summed E-state index contributed by atoms with van der Waals surface area (Å²) in [5.74, 6) is 0.474. The summed E-state index contributed by atoms with van der Waals surface area (Å²) in [4.78, 5) is 12.9. The first-order valence-electron chi connectivity index (χ1n) is 6.49. The number of amides is 1. The van der Waals surface area contributed by atoms with Gasteiger partial charge in [0.2, 0.25) is 5.91 Å². The molecule has 0 radical (unpaired) electrons. The van der Waals surface area contributed by atoms with Gasteiger partial charge in [-0.25, -0.2) is 0 Å². The van der Waals surface area contributed by atoms with Crippen LogP contribution in [0, 0.1) is 0 Å². The van der Waals surface area contributed by atoms with E-state index < -0.39 is 0 Å². The Balaban J connectivity index is 1.71. The highest BCUT2D eigenvalue weighted by molar-refractivity contribution is 8.00. The summed E-state index contributed by atoms with van der Waals surface area (Å²) in [6, 6.07) is 7.70. The summed E-state index contributed by atoms with van der Waals surface area (Å²) in [5, 5.41) is 13.1. The summed E-state index contributed by atoms with van der Waals surface area (Å²) in [5.41, 5.74) is 0. The van der Waals surface area contributed by atoms with Gasteiger partial charge in [-0.15, -0.1) is 11.8 Å². The highest BCUT2D eigenvalue weighted by atomic mass is 35.5. The molecule has 1 saturated carbocycles. The molecule has 0 bridgehead atoms. The Bertz CT molecular complexity index is 416. The molecule has 1 aliphatic rings. The van der Waals surface area contributed by atoms with Gasteiger partial charge in [-0.2, -0.15) is 0 Å². The van der Waals surface area contributed by atoms with Crippen LogP contribution < -0.4 is 5.32 Å². The lowest BCUT2D eigenvalue weighted by atomic mass is 9.93. The van der Waals surface area contributed by atoms with E-state index in [-0.39, 0.29) is 18.1 Å². The maximum absolute atomic E-state index is 11.8. The predicted octanol–water partition coefficient (Wildman–Crippen LogP) is 2.85. The molecule has 0 atom stereocenters. The summed E-state index contributed by atoms with van der Waals surface area (Å²) in [6.45, 7) is 0. The van der Waals surface area contributed by atoms with Crippen LogP contribution in [0.15, 0.2) is 29.2 Å². The van der Waals surface area contributed by atoms with Crippen molar-refractivity contribution in [3.8, 4) is 0 Å². The maximum Gasteiger partial charge on any atom is 0.230 e. The van der Waals surface area contributed by atoms with E-state index in [1.54, 1.807) is 0 Å². The number of nitrogens with one attached hydrogen (secondary N) is 1. The van der Waals surface area contributed by atoms with E-state index in [1.807, 2.05) is 24.3 Å². The molecule has 1 aromatic carbocycles. The van der Waals surface area contributed by atoms with Gasteiger partial charge in [-0.05, 0) is 49.9 Å². The number of hydrogen-bond acceptors (Lipinski definition) is 3. The van der Waals surface area contributed by atoms with Crippen molar-refractivity contribution in [3.05, 3.63) is 29.3 Å². The molecule has 1 aromatic rings. The number of hydrogen-bond donors (Lipinski definition) is 2. The Morgan fingerprint density at radius 3 is 2.53 bits per heavy atom. The third-order valence-corrected chi connectivity index (χ3v) is 4.51. The lowest BCUT2D eigenvalue weighted by Gasteiger charge is -2.26. The van der Waals surface area contributed by atoms with Crippen LogP contribution in [0.3, 0.4) is 0 Å². The van der Waals surface area contributed by atoms with Crippen LogP contribution in [0.4, 0.5) is 0 Å². The van der Waals surface area contributed by atoms with Gasteiger partial charge in [0.15, 0.2) is 0 Å². The topological polar surface area (TPSA) is 49.3 Å². The molecular formula is C14H18ClNO2S. The average Bonchev–Trinajstić information content (AvgIpc) is 2.41. The fourth-order valence-corrected chi connectivity index (χ4v) is 3.00. The summed E-state index contributed by atoms with van der Waals surface area (Å²) in [7, 11) is 0. The molecule has 0 unspecified atom stereocenters. The van der Waals surface area contributed by atoms with Crippen LogP contribution in [0.2, 0.25) is 5.02 Å². The molecule has 1 fully saturated rings. The van der Waals surface area contributed by atoms with Gasteiger partial charge in [-0.3, -0.25) is 4.79 Å². The van der Waals surface area contributed by atoms with E-state index >= 15 is 0 Å². The minimum absolute atomic E-state index is 0.0568. The molecule has 19 heavy (non-hydrogen) atoms. The van der Waals surface area contributed by atoms with E-state index in [0.717, 1.165) is 30.6 Å². The second-order valence-corrected chi connectivity index (χ2v) is 6.30. The lowest BCUT2D eigenvalue weighted by molar-refractivity contribution is -0.119. The Morgan fingerprint density at radius 2 is 1.89 bits per heavy atom. The molecule has 1 amide bonds. The van der Waals surface area contributed by atoms with Crippen molar-refractivity contribution in [2.75, 3.05) is 5.75 Å². The second-order valence-electron chi connectivity index (χ2n) is 4.82. The molecule has 104 valence electrons. The minimum atomic E-state index is -0.184.